The van der Waals surface area contributed by atoms with E-state index in [1.54, 1.807) is 13.3 Å². The molecule has 0 aliphatic carbocycles. The normalized spacial score (nSPS) is 12.2. The number of aromatic nitrogens is 1. The number of nitrogens with one attached hydrogen (secondary N) is 2. The zero-order valence-electron chi connectivity index (χ0n) is 12.8. The van der Waals surface area contributed by atoms with Gasteiger partial charge in [0.2, 0.25) is 5.91 Å². The lowest BCUT2D eigenvalue weighted by molar-refractivity contribution is -0.122. The highest BCUT2D eigenvalue weighted by molar-refractivity contribution is 5.94. The van der Waals surface area contributed by atoms with Crippen LogP contribution in [0, 0.1) is 0 Å². The molecule has 2 rings (SSSR count). The quantitative estimate of drug-likeness (QED) is 0.887. The molecule has 0 aliphatic heterocycles. The summed E-state index contributed by atoms with van der Waals surface area (Å²) in [6.07, 6.45) is 1.73. The van der Waals surface area contributed by atoms with E-state index in [-0.39, 0.29) is 18.0 Å². The Balaban J connectivity index is 2.27. The van der Waals surface area contributed by atoms with Crippen LogP contribution in [0.5, 0.6) is 5.75 Å². The third-order valence-corrected chi connectivity index (χ3v) is 3.15. The number of carbonyl (C=O) groups is 1. The highest BCUT2D eigenvalue weighted by Gasteiger charge is 2.15. The first kappa shape index (κ1) is 15.1. The van der Waals surface area contributed by atoms with Gasteiger partial charge in [0.15, 0.2) is 0 Å². The first-order valence-electron chi connectivity index (χ1n) is 7.01. The molecule has 2 N–H and O–H groups in total. The van der Waals surface area contributed by atoms with Crippen LogP contribution in [-0.2, 0) is 4.79 Å². The van der Waals surface area contributed by atoms with Gasteiger partial charge in [-0.15, -0.1) is 0 Å². The van der Waals surface area contributed by atoms with Crippen LogP contribution >= 0.6 is 0 Å². The predicted molar refractivity (Wildman–Crippen MR) is 84.7 cm³/mol. The van der Waals surface area contributed by atoms with E-state index in [1.807, 2.05) is 45.0 Å². The number of amides is 1. The molecule has 0 fully saturated rings. The molecule has 0 aliphatic rings. The van der Waals surface area contributed by atoms with Crippen LogP contribution in [0.1, 0.15) is 20.8 Å². The fourth-order valence-electron chi connectivity index (χ4n) is 2.07. The minimum atomic E-state index is -0.364. The average molecular weight is 287 g/mol. The first-order chi connectivity index (χ1) is 10.0. The highest BCUT2D eigenvalue weighted by atomic mass is 16.5. The Bertz CT molecular complexity index is 640. The standard InChI is InChI=1S/C16H21N3O2/c1-10(2)18-16(20)11(3)19-15-14-9-13(21-4)6-5-12(14)7-8-17-15/h5-11H,1-4H3,(H,17,19)(H,18,20). The average Bonchev–Trinajstić information content (AvgIpc) is 2.46. The van der Waals surface area contributed by atoms with Gasteiger partial charge in [-0.1, -0.05) is 6.07 Å². The number of nitrogens with zero attached hydrogens (tertiary/aromatic N) is 1. The van der Waals surface area contributed by atoms with Crippen molar-refractivity contribution in [1.29, 1.82) is 0 Å². The summed E-state index contributed by atoms with van der Waals surface area (Å²) in [6, 6.07) is 7.47. The maximum atomic E-state index is 12.0. The number of methoxy groups -OCH3 is 1. The van der Waals surface area contributed by atoms with Gasteiger partial charge in [0, 0.05) is 17.6 Å². The van der Waals surface area contributed by atoms with Crippen molar-refractivity contribution in [3.63, 3.8) is 0 Å². The summed E-state index contributed by atoms with van der Waals surface area (Å²) in [4.78, 5) is 16.3. The molecule has 0 spiro atoms. The van der Waals surface area contributed by atoms with Gasteiger partial charge in [0.1, 0.15) is 17.6 Å². The molecular formula is C16H21N3O2. The molecule has 1 atom stereocenters. The number of hydrogen-bond acceptors (Lipinski definition) is 4. The molecule has 1 aromatic carbocycles. The Morgan fingerprint density at radius 2 is 2.00 bits per heavy atom. The molecule has 1 aromatic heterocycles. The van der Waals surface area contributed by atoms with Crippen LogP contribution < -0.4 is 15.4 Å². The molecule has 0 saturated heterocycles. The molecule has 1 unspecified atom stereocenters. The molecule has 0 bridgehead atoms. The lowest BCUT2D eigenvalue weighted by Crippen LogP contribution is -2.41. The topological polar surface area (TPSA) is 63.2 Å². The van der Waals surface area contributed by atoms with Gasteiger partial charge in [-0.2, -0.15) is 0 Å². The molecule has 5 nitrogen and oxygen atoms in total. The number of fused-ring (bicyclic) bond motifs is 1. The van der Waals surface area contributed by atoms with E-state index in [0.29, 0.717) is 5.82 Å². The van der Waals surface area contributed by atoms with Crippen LogP contribution in [-0.4, -0.2) is 30.1 Å². The number of carbonyl (C=O) groups excluding carboxylic acids is 1. The molecule has 0 saturated carbocycles. The monoisotopic (exact) mass is 287 g/mol. The summed E-state index contributed by atoms with van der Waals surface area (Å²) in [5.74, 6) is 1.39. The van der Waals surface area contributed by atoms with E-state index >= 15 is 0 Å². The Morgan fingerprint density at radius 1 is 1.24 bits per heavy atom. The van der Waals surface area contributed by atoms with Gasteiger partial charge in [-0.05, 0) is 44.4 Å². The number of pyridine rings is 1. The van der Waals surface area contributed by atoms with E-state index in [2.05, 4.69) is 15.6 Å². The second-order valence-electron chi connectivity index (χ2n) is 5.28. The van der Waals surface area contributed by atoms with Crippen molar-refractivity contribution in [3.05, 3.63) is 30.5 Å². The van der Waals surface area contributed by atoms with E-state index in [9.17, 15) is 4.79 Å². The van der Waals surface area contributed by atoms with Crippen molar-refractivity contribution in [2.24, 2.45) is 0 Å². The van der Waals surface area contributed by atoms with Gasteiger partial charge >= 0.3 is 0 Å². The predicted octanol–water partition coefficient (Wildman–Crippen LogP) is 2.57. The number of rotatable bonds is 5. The van der Waals surface area contributed by atoms with Crippen molar-refractivity contribution in [2.45, 2.75) is 32.9 Å². The molecule has 21 heavy (non-hydrogen) atoms. The number of benzene rings is 1. The number of anilines is 1. The van der Waals surface area contributed by atoms with Gasteiger partial charge in [0.25, 0.3) is 0 Å². The SMILES string of the molecule is COc1ccc2ccnc(NC(C)C(=O)NC(C)C)c2c1. The summed E-state index contributed by atoms with van der Waals surface area (Å²) in [5, 5.41) is 8.02. The first-order valence-corrected chi connectivity index (χ1v) is 7.01. The summed E-state index contributed by atoms with van der Waals surface area (Å²) in [7, 11) is 1.63. The second-order valence-corrected chi connectivity index (χ2v) is 5.28. The molecular weight excluding hydrogens is 266 g/mol. The third kappa shape index (κ3) is 3.62. The minimum absolute atomic E-state index is 0.0494. The smallest absolute Gasteiger partial charge is 0.242 e. The zero-order valence-corrected chi connectivity index (χ0v) is 12.8. The van der Waals surface area contributed by atoms with Gasteiger partial charge in [-0.3, -0.25) is 4.79 Å². The molecule has 5 heteroatoms. The second kappa shape index (κ2) is 6.43. The van der Waals surface area contributed by atoms with Crippen LogP contribution in [0.4, 0.5) is 5.82 Å². The van der Waals surface area contributed by atoms with Crippen molar-refractivity contribution in [3.8, 4) is 5.75 Å². The van der Waals surface area contributed by atoms with Crippen LogP contribution in [0.3, 0.4) is 0 Å². The lowest BCUT2D eigenvalue weighted by Gasteiger charge is -2.17. The number of hydrogen-bond donors (Lipinski definition) is 2. The molecule has 1 amide bonds. The fourth-order valence-corrected chi connectivity index (χ4v) is 2.07. The Morgan fingerprint density at radius 3 is 2.67 bits per heavy atom. The number of ether oxygens (including phenoxy) is 1. The van der Waals surface area contributed by atoms with Crippen molar-refractivity contribution < 1.29 is 9.53 Å². The van der Waals surface area contributed by atoms with Gasteiger partial charge in [-0.25, -0.2) is 4.98 Å². The summed E-state index contributed by atoms with van der Waals surface area (Å²) in [6.45, 7) is 5.69. The Hall–Kier alpha value is -2.30. The van der Waals surface area contributed by atoms with Gasteiger partial charge in [0.05, 0.1) is 7.11 Å². The van der Waals surface area contributed by atoms with Crippen molar-refractivity contribution in [1.82, 2.24) is 10.3 Å². The van der Waals surface area contributed by atoms with Crippen LogP contribution in [0.25, 0.3) is 10.8 Å². The molecule has 0 radical (unpaired) electrons. The van der Waals surface area contributed by atoms with Crippen molar-refractivity contribution >= 4 is 22.5 Å². The minimum Gasteiger partial charge on any atom is -0.497 e. The lowest BCUT2D eigenvalue weighted by atomic mass is 10.1. The summed E-state index contributed by atoms with van der Waals surface area (Å²) >= 11 is 0. The molecule has 112 valence electrons. The maximum Gasteiger partial charge on any atom is 0.242 e. The molecule has 2 aromatic rings. The summed E-state index contributed by atoms with van der Waals surface area (Å²) in [5.41, 5.74) is 0. The summed E-state index contributed by atoms with van der Waals surface area (Å²) < 4.78 is 5.25. The van der Waals surface area contributed by atoms with Crippen LogP contribution in [0.2, 0.25) is 0 Å². The maximum absolute atomic E-state index is 12.0. The Kier molecular flexibility index (Phi) is 4.62. The van der Waals surface area contributed by atoms with E-state index in [4.69, 9.17) is 4.74 Å². The van der Waals surface area contributed by atoms with E-state index in [1.165, 1.54) is 0 Å². The largest absolute Gasteiger partial charge is 0.497 e. The van der Waals surface area contributed by atoms with Crippen LogP contribution in [0.15, 0.2) is 30.5 Å². The van der Waals surface area contributed by atoms with Gasteiger partial charge < -0.3 is 15.4 Å². The fraction of sp³-hybridized carbons (Fsp3) is 0.375. The highest BCUT2D eigenvalue weighted by Crippen LogP contribution is 2.26. The van der Waals surface area contributed by atoms with Crippen molar-refractivity contribution in [2.75, 3.05) is 12.4 Å². The third-order valence-electron chi connectivity index (χ3n) is 3.15. The molecule has 1 heterocycles. The zero-order chi connectivity index (χ0) is 15.4. The van der Waals surface area contributed by atoms with E-state index in [0.717, 1.165) is 16.5 Å². The van der Waals surface area contributed by atoms with E-state index < -0.39 is 0 Å². The Labute approximate surface area is 124 Å².